The quantitative estimate of drug-likeness (QED) is 0.829. The van der Waals surface area contributed by atoms with Gasteiger partial charge in [-0.25, -0.2) is 13.2 Å². The van der Waals surface area contributed by atoms with E-state index in [1.807, 2.05) is 23.1 Å². The number of sulfone groups is 1. The Morgan fingerprint density at radius 1 is 1.18 bits per heavy atom. The summed E-state index contributed by atoms with van der Waals surface area (Å²) in [6.45, 7) is 0.669. The molecule has 2 aliphatic heterocycles. The third-order valence-electron chi connectivity index (χ3n) is 5.12. The number of hydrogen-bond donors (Lipinski definition) is 2. The van der Waals surface area contributed by atoms with Crippen LogP contribution in [0.4, 0.5) is 16.2 Å². The summed E-state index contributed by atoms with van der Waals surface area (Å²) in [5, 5.41) is 5.35. The molecule has 7 nitrogen and oxygen atoms in total. The molecule has 3 amide bonds. The van der Waals surface area contributed by atoms with Gasteiger partial charge in [-0.3, -0.25) is 4.79 Å². The normalized spacial score (nSPS) is 20.4. The van der Waals surface area contributed by atoms with Gasteiger partial charge in [-0.1, -0.05) is 30.3 Å². The predicted molar refractivity (Wildman–Crippen MR) is 106 cm³/mol. The molecular formula is C20H21N3O4S. The fourth-order valence-corrected chi connectivity index (χ4v) is 5.13. The lowest BCUT2D eigenvalue weighted by molar-refractivity contribution is -0.114. The molecule has 0 aromatic heterocycles. The van der Waals surface area contributed by atoms with Crippen LogP contribution >= 0.6 is 0 Å². The SMILES string of the molecule is O=C1CS(=O)(=O)c2cc(NC(=O)N3CCCC3Cc3ccccc3)ccc2N1. The first-order valence-corrected chi connectivity index (χ1v) is 10.9. The molecule has 0 spiro atoms. The number of urea groups is 1. The smallest absolute Gasteiger partial charge is 0.322 e. The molecule has 4 rings (SSSR count). The van der Waals surface area contributed by atoms with E-state index in [0.717, 1.165) is 19.3 Å². The van der Waals surface area contributed by atoms with Crippen molar-refractivity contribution in [1.29, 1.82) is 0 Å². The number of fused-ring (bicyclic) bond motifs is 1. The highest BCUT2D eigenvalue weighted by molar-refractivity contribution is 7.92. The first kappa shape index (κ1) is 18.5. The minimum Gasteiger partial charge on any atom is -0.324 e. The van der Waals surface area contributed by atoms with Crippen LogP contribution in [0.15, 0.2) is 53.4 Å². The molecule has 1 atom stereocenters. The number of nitrogens with one attached hydrogen (secondary N) is 2. The summed E-state index contributed by atoms with van der Waals surface area (Å²) < 4.78 is 24.5. The summed E-state index contributed by atoms with van der Waals surface area (Å²) >= 11 is 0. The molecule has 28 heavy (non-hydrogen) atoms. The van der Waals surface area contributed by atoms with E-state index in [1.165, 1.54) is 17.7 Å². The molecule has 2 aromatic carbocycles. The highest BCUT2D eigenvalue weighted by Crippen LogP contribution is 2.30. The molecule has 0 radical (unpaired) electrons. The van der Waals surface area contributed by atoms with Gasteiger partial charge in [-0.05, 0) is 43.0 Å². The van der Waals surface area contributed by atoms with Crippen molar-refractivity contribution in [3.05, 3.63) is 54.1 Å². The third kappa shape index (κ3) is 3.73. The van der Waals surface area contributed by atoms with Gasteiger partial charge in [-0.15, -0.1) is 0 Å². The minimum atomic E-state index is -3.70. The fourth-order valence-electron chi connectivity index (χ4n) is 3.79. The van der Waals surface area contributed by atoms with Crippen LogP contribution in [0.3, 0.4) is 0 Å². The zero-order chi connectivity index (χ0) is 19.7. The highest BCUT2D eigenvalue weighted by Gasteiger charge is 2.31. The Hall–Kier alpha value is -2.87. The zero-order valence-corrected chi connectivity index (χ0v) is 16.0. The Kier molecular flexibility index (Phi) is 4.80. The molecule has 146 valence electrons. The van der Waals surface area contributed by atoms with E-state index in [0.29, 0.717) is 12.2 Å². The maximum atomic E-state index is 12.8. The van der Waals surface area contributed by atoms with Gasteiger partial charge in [0.2, 0.25) is 5.91 Å². The summed E-state index contributed by atoms with van der Waals surface area (Å²) in [6.07, 6.45) is 2.67. The average molecular weight is 399 g/mol. The molecule has 1 fully saturated rings. The maximum absolute atomic E-state index is 12.8. The van der Waals surface area contributed by atoms with Gasteiger partial charge in [0.05, 0.1) is 10.6 Å². The molecule has 2 heterocycles. The lowest BCUT2D eigenvalue weighted by atomic mass is 10.0. The molecular weight excluding hydrogens is 378 g/mol. The zero-order valence-electron chi connectivity index (χ0n) is 15.2. The van der Waals surface area contributed by atoms with Crippen molar-refractivity contribution in [3.8, 4) is 0 Å². The van der Waals surface area contributed by atoms with Gasteiger partial charge < -0.3 is 15.5 Å². The molecule has 2 N–H and O–H groups in total. The standard InChI is InChI=1S/C20H21N3O4S/c24-19-13-28(26,27)18-12-15(8-9-17(18)22-19)21-20(25)23-10-4-7-16(23)11-14-5-2-1-3-6-14/h1-3,5-6,8-9,12,16H,4,7,10-11,13H2,(H,21,25)(H,22,24). The Morgan fingerprint density at radius 2 is 1.96 bits per heavy atom. The molecule has 0 bridgehead atoms. The Labute approximate surface area is 163 Å². The van der Waals surface area contributed by atoms with Crippen LogP contribution in [0.1, 0.15) is 18.4 Å². The molecule has 0 aliphatic carbocycles. The van der Waals surface area contributed by atoms with E-state index in [2.05, 4.69) is 22.8 Å². The molecule has 2 aromatic rings. The van der Waals surface area contributed by atoms with Gasteiger partial charge in [-0.2, -0.15) is 0 Å². The lowest BCUT2D eigenvalue weighted by Crippen LogP contribution is -2.39. The second-order valence-electron chi connectivity index (χ2n) is 7.13. The van der Waals surface area contributed by atoms with Crippen LogP contribution in [-0.2, 0) is 21.1 Å². The molecule has 1 unspecified atom stereocenters. The van der Waals surface area contributed by atoms with Crippen LogP contribution in [0, 0.1) is 0 Å². The van der Waals surface area contributed by atoms with Gasteiger partial charge >= 0.3 is 6.03 Å². The average Bonchev–Trinajstić information content (AvgIpc) is 3.11. The number of carbonyl (C=O) groups is 2. The van der Waals surface area contributed by atoms with Crippen molar-refractivity contribution >= 4 is 33.2 Å². The van der Waals surface area contributed by atoms with Crippen LogP contribution in [0.5, 0.6) is 0 Å². The van der Waals surface area contributed by atoms with Crippen LogP contribution < -0.4 is 10.6 Å². The van der Waals surface area contributed by atoms with Crippen molar-refractivity contribution in [1.82, 2.24) is 4.90 Å². The molecule has 0 saturated carbocycles. The second kappa shape index (κ2) is 7.27. The van der Waals surface area contributed by atoms with E-state index in [4.69, 9.17) is 0 Å². The van der Waals surface area contributed by atoms with Crippen molar-refractivity contribution < 1.29 is 18.0 Å². The number of carbonyl (C=O) groups excluding carboxylic acids is 2. The van der Waals surface area contributed by atoms with Gasteiger partial charge in [0, 0.05) is 18.3 Å². The van der Waals surface area contributed by atoms with E-state index in [9.17, 15) is 18.0 Å². The number of benzene rings is 2. The van der Waals surface area contributed by atoms with Crippen LogP contribution in [-0.4, -0.2) is 43.6 Å². The van der Waals surface area contributed by atoms with Crippen molar-refractivity contribution in [2.24, 2.45) is 0 Å². The third-order valence-corrected chi connectivity index (χ3v) is 6.77. The molecule has 1 saturated heterocycles. The molecule has 2 aliphatic rings. The number of nitrogens with zero attached hydrogens (tertiary/aromatic N) is 1. The largest absolute Gasteiger partial charge is 0.324 e. The number of anilines is 2. The number of hydrogen-bond acceptors (Lipinski definition) is 4. The summed E-state index contributed by atoms with van der Waals surface area (Å²) in [7, 11) is -3.70. The van der Waals surface area contributed by atoms with Crippen LogP contribution in [0.2, 0.25) is 0 Å². The monoisotopic (exact) mass is 399 g/mol. The first-order valence-electron chi connectivity index (χ1n) is 9.20. The van der Waals surface area contributed by atoms with E-state index in [-0.39, 0.29) is 22.7 Å². The Morgan fingerprint density at radius 3 is 2.75 bits per heavy atom. The Balaban J connectivity index is 1.50. The van der Waals surface area contributed by atoms with Gasteiger partial charge in [0.15, 0.2) is 9.84 Å². The Bertz CT molecular complexity index is 1020. The van der Waals surface area contributed by atoms with Gasteiger partial charge in [0.1, 0.15) is 5.75 Å². The fraction of sp³-hybridized carbons (Fsp3) is 0.300. The number of likely N-dealkylation sites (tertiary alicyclic amines) is 1. The summed E-state index contributed by atoms with van der Waals surface area (Å²) in [6, 6.07) is 14.4. The summed E-state index contributed by atoms with van der Waals surface area (Å²) in [4.78, 5) is 26.1. The highest BCUT2D eigenvalue weighted by atomic mass is 32.2. The number of rotatable bonds is 3. The van der Waals surface area contributed by atoms with Crippen molar-refractivity contribution in [3.63, 3.8) is 0 Å². The topological polar surface area (TPSA) is 95.6 Å². The number of amides is 3. The minimum absolute atomic E-state index is 0.0344. The lowest BCUT2D eigenvalue weighted by Gasteiger charge is -2.25. The van der Waals surface area contributed by atoms with E-state index >= 15 is 0 Å². The maximum Gasteiger partial charge on any atom is 0.322 e. The van der Waals surface area contributed by atoms with E-state index < -0.39 is 21.5 Å². The van der Waals surface area contributed by atoms with Gasteiger partial charge in [0.25, 0.3) is 0 Å². The predicted octanol–water partition coefficient (Wildman–Crippen LogP) is 2.65. The van der Waals surface area contributed by atoms with E-state index in [1.54, 1.807) is 6.07 Å². The van der Waals surface area contributed by atoms with Crippen molar-refractivity contribution in [2.75, 3.05) is 22.9 Å². The summed E-state index contributed by atoms with van der Waals surface area (Å²) in [5.41, 5.74) is 1.83. The van der Waals surface area contributed by atoms with Crippen molar-refractivity contribution in [2.45, 2.75) is 30.2 Å². The second-order valence-corrected chi connectivity index (χ2v) is 9.09. The van der Waals surface area contributed by atoms with Crippen LogP contribution in [0.25, 0.3) is 0 Å². The molecule has 8 heteroatoms. The summed E-state index contributed by atoms with van der Waals surface area (Å²) in [5.74, 6) is -1.13. The first-order chi connectivity index (χ1) is 13.4.